The Morgan fingerprint density at radius 3 is 2.61 bits per heavy atom. The molecule has 2 rings (SSSR count). The van der Waals surface area contributed by atoms with Gasteiger partial charge in [-0.1, -0.05) is 18.2 Å². The summed E-state index contributed by atoms with van der Waals surface area (Å²) in [5, 5.41) is 12.6. The van der Waals surface area contributed by atoms with E-state index in [0.717, 1.165) is 16.5 Å². The summed E-state index contributed by atoms with van der Waals surface area (Å²) in [7, 11) is 0. The number of nitrogens with one attached hydrogen (secondary N) is 1. The van der Waals surface area contributed by atoms with Crippen molar-refractivity contribution in [2.45, 2.75) is 38.8 Å². The summed E-state index contributed by atoms with van der Waals surface area (Å²) in [6.45, 7) is 5.16. The number of aliphatic carboxylic acids is 1. The molecule has 0 aliphatic rings. The fourth-order valence-electron chi connectivity index (χ4n) is 2.20. The van der Waals surface area contributed by atoms with E-state index >= 15 is 0 Å². The molecule has 0 saturated carbocycles. The first-order valence-corrected chi connectivity index (χ1v) is 7.31. The lowest BCUT2D eigenvalue weighted by atomic mass is 10.0. The molecule has 6 heteroatoms. The summed E-state index contributed by atoms with van der Waals surface area (Å²) in [6, 6.07) is 8.16. The van der Waals surface area contributed by atoms with Crippen LogP contribution >= 0.6 is 0 Å². The maximum atomic E-state index is 11.8. The van der Waals surface area contributed by atoms with Crippen molar-refractivity contribution < 1.29 is 19.4 Å². The summed E-state index contributed by atoms with van der Waals surface area (Å²) in [5.74, 6) is -1.11. The summed E-state index contributed by atoms with van der Waals surface area (Å²) >= 11 is 0. The zero-order chi connectivity index (χ0) is 17.0. The fraction of sp³-hybridized carbons (Fsp3) is 0.353. The van der Waals surface area contributed by atoms with Gasteiger partial charge in [0, 0.05) is 18.0 Å². The third-order valence-corrected chi connectivity index (χ3v) is 3.15. The molecule has 1 heterocycles. The smallest absolute Gasteiger partial charge is 0.408 e. The number of carbonyl (C=O) groups is 2. The fourth-order valence-corrected chi connectivity index (χ4v) is 2.20. The Bertz CT molecular complexity index is 717. The lowest BCUT2D eigenvalue weighted by molar-refractivity contribution is -0.139. The molecule has 122 valence electrons. The van der Waals surface area contributed by atoms with Crippen molar-refractivity contribution in [1.29, 1.82) is 0 Å². The molecule has 0 radical (unpaired) electrons. The number of aromatic nitrogens is 1. The molecule has 1 aromatic carbocycles. The van der Waals surface area contributed by atoms with Gasteiger partial charge in [-0.05, 0) is 38.5 Å². The molecule has 0 aliphatic heterocycles. The molecule has 0 aliphatic carbocycles. The van der Waals surface area contributed by atoms with E-state index < -0.39 is 23.7 Å². The van der Waals surface area contributed by atoms with E-state index in [-0.39, 0.29) is 6.42 Å². The normalized spacial score (nSPS) is 12.7. The minimum atomic E-state index is -1.11. The molecule has 1 aromatic heterocycles. The number of amides is 1. The SMILES string of the molecule is CC(C)(C)OC(=O)N[C@H](Cc1ccnc2ccccc12)C(=O)O. The van der Waals surface area contributed by atoms with Crippen LogP contribution in [0, 0.1) is 0 Å². The summed E-state index contributed by atoms with van der Waals surface area (Å²) < 4.78 is 5.12. The molecule has 1 atom stereocenters. The Hall–Kier alpha value is -2.63. The van der Waals surface area contributed by atoms with E-state index in [9.17, 15) is 14.7 Å². The largest absolute Gasteiger partial charge is 0.480 e. The van der Waals surface area contributed by atoms with Gasteiger partial charge in [0.2, 0.25) is 0 Å². The van der Waals surface area contributed by atoms with Gasteiger partial charge >= 0.3 is 12.1 Å². The average Bonchev–Trinajstić information content (AvgIpc) is 2.44. The highest BCUT2D eigenvalue weighted by Gasteiger charge is 2.24. The third-order valence-electron chi connectivity index (χ3n) is 3.15. The van der Waals surface area contributed by atoms with Crippen molar-refractivity contribution >= 4 is 23.0 Å². The molecule has 1 amide bonds. The van der Waals surface area contributed by atoms with E-state index in [4.69, 9.17) is 4.74 Å². The van der Waals surface area contributed by atoms with Crippen molar-refractivity contribution in [3.05, 3.63) is 42.1 Å². The Morgan fingerprint density at radius 2 is 1.96 bits per heavy atom. The molecule has 23 heavy (non-hydrogen) atoms. The number of ether oxygens (including phenoxy) is 1. The lowest BCUT2D eigenvalue weighted by Crippen LogP contribution is -2.44. The third kappa shape index (κ3) is 4.67. The number of benzene rings is 1. The number of carboxylic acid groups (broad SMARTS) is 1. The van der Waals surface area contributed by atoms with E-state index in [1.165, 1.54) is 0 Å². The first-order valence-electron chi connectivity index (χ1n) is 7.31. The summed E-state index contributed by atoms with van der Waals surface area (Å²) in [4.78, 5) is 27.5. The average molecular weight is 316 g/mol. The highest BCUT2D eigenvalue weighted by molar-refractivity contribution is 5.84. The number of rotatable bonds is 4. The zero-order valence-electron chi connectivity index (χ0n) is 13.4. The monoisotopic (exact) mass is 316 g/mol. The molecule has 0 unspecified atom stereocenters. The number of hydrogen-bond acceptors (Lipinski definition) is 4. The van der Waals surface area contributed by atoms with Crippen LogP contribution in [-0.2, 0) is 16.0 Å². The van der Waals surface area contributed by atoms with Crippen LogP contribution < -0.4 is 5.32 Å². The Morgan fingerprint density at radius 1 is 1.26 bits per heavy atom. The zero-order valence-corrected chi connectivity index (χ0v) is 13.4. The summed E-state index contributed by atoms with van der Waals surface area (Å²) in [5.41, 5.74) is 0.904. The van der Waals surface area contributed by atoms with Crippen LogP contribution in [0.4, 0.5) is 4.79 Å². The van der Waals surface area contributed by atoms with E-state index in [0.29, 0.717) is 0 Å². The van der Waals surface area contributed by atoms with Gasteiger partial charge in [0.05, 0.1) is 5.52 Å². The highest BCUT2D eigenvalue weighted by atomic mass is 16.6. The quantitative estimate of drug-likeness (QED) is 0.905. The van der Waals surface area contributed by atoms with E-state index in [1.807, 2.05) is 24.3 Å². The van der Waals surface area contributed by atoms with Crippen molar-refractivity contribution in [2.75, 3.05) is 0 Å². The van der Waals surface area contributed by atoms with Gasteiger partial charge in [0.15, 0.2) is 0 Å². The van der Waals surface area contributed by atoms with Gasteiger partial charge in [0.1, 0.15) is 11.6 Å². The first kappa shape index (κ1) is 16.7. The van der Waals surface area contributed by atoms with Gasteiger partial charge in [0.25, 0.3) is 0 Å². The van der Waals surface area contributed by atoms with Crippen LogP contribution in [0.5, 0.6) is 0 Å². The minimum absolute atomic E-state index is 0.150. The van der Waals surface area contributed by atoms with Gasteiger partial charge in [-0.3, -0.25) is 4.98 Å². The van der Waals surface area contributed by atoms with Crippen molar-refractivity contribution in [3.8, 4) is 0 Å². The molecule has 2 N–H and O–H groups in total. The topological polar surface area (TPSA) is 88.5 Å². The Labute approximate surface area is 134 Å². The van der Waals surface area contributed by atoms with Gasteiger partial charge < -0.3 is 15.2 Å². The lowest BCUT2D eigenvalue weighted by Gasteiger charge is -2.22. The first-order chi connectivity index (χ1) is 10.8. The molecule has 0 fully saturated rings. The number of fused-ring (bicyclic) bond motifs is 1. The van der Waals surface area contributed by atoms with E-state index in [2.05, 4.69) is 10.3 Å². The minimum Gasteiger partial charge on any atom is -0.480 e. The van der Waals surface area contributed by atoms with Crippen molar-refractivity contribution in [3.63, 3.8) is 0 Å². The van der Waals surface area contributed by atoms with E-state index in [1.54, 1.807) is 33.0 Å². The number of carboxylic acids is 1. The molecular weight excluding hydrogens is 296 g/mol. The number of pyridine rings is 1. The van der Waals surface area contributed by atoms with Crippen molar-refractivity contribution in [2.24, 2.45) is 0 Å². The Balaban J connectivity index is 2.19. The second-order valence-corrected chi connectivity index (χ2v) is 6.23. The van der Waals surface area contributed by atoms with Crippen LogP contribution in [0.3, 0.4) is 0 Å². The summed E-state index contributed by atoms with van der Waals surface area (Å²) in [6.07, 6.45) is 1.03. The molecule has 0 bridgehead atoms. The number of carbonyl (C=O) groups excluding carboxylic acids is 1. The molecule has 6 nitrogen and oxygen atoms in total. The number of nitrogens with zero attached hydrogens (tertiary/aromatic N) is 1. The molecular formula is C17H20N2O4. The Kier molecular flexibility index (Phi) is 4.83. The highest BCUT2D eigenvalue weighted by Crippen LogP contribution is 2.18. The van der Waals surface area contributed by atoms with Crippen LogP contribution in [-0.4, -0.2) is 33.8 Å². The molecule has 0 saturated heterocycles. The molecule has 2 aromatic rings. The van der Waals surface area contributed by atoms with Crippen LogP contribution in [0.15, 0.2) is 36.5 Å². The number of para-hydroxylation sites is 1. The number of alkyl carbamates (subject to hydrolysis) is 1. The predicted molar refractivity (Wildman–Crippen MR) is 86.2 cm³/mol. The number of hydrogen-bond donors (Lipinski definition) is 2. The van der Waals surface area contributed by atoms with Crippen LogP contribution in [0.1, 0.15) is 26.3 Å². The van der Waals surface area contributed by atoms with Crippen molar-refractivity contribution in [1.82, 2.24) is 10.3 Å². The van der Waals surface area contributed by atoms with Gasteiger partial charge in [-0.2, -0.15) is 0 Å². The second kappa shape index (κ2) is 6.64. The van der Waals surface area contributed by atoms with Crippen LogP contribution in [0.2, 0.25) is 0 Å². The van der Waals surface area contributed by atoms with Gasteiger partial charge in [-0.15, -0.1) is 0 Å². The standard InChI is InChI=1S/C17H20N2O4/c1-17(2,3)23-16(22)19-14(15(20)21)10-11-8-9-18-13-7-5-4-6-12(11)13/h4-9,14H,10H2,1-3H3,(H,19,22)(H,20,21)/t14-/m1/s1. The van der Waals surface area contributed by atoms with Gasteiger partial charge in [-0.25, -0.2) is 9.59 Å². The maximum absolute atomic E-state index is 11.8. The second-order valence-electron chi connectivity index (χ2n) is 6.23. The maximum Gasteiger partial charge on any atom is 0.408 e. The van der Waals surface area contributed by atoms with Crippen LogP contribution in [0.25, 0.3) is 10.9 Å². The molecule has 0 spiro atoms. The predicted octanol–water partition coefficient (Wildman–Crippen LogP) is 2.76.